The molecule has 0 heterocycles. The molecule has 0 aromatic carbocycles. The third kappa shape index (κ3) is 2.60. The first-order chi connectivity index (χ1) is 3.12. The summed E-state index contributed by atoms with van der Waals surface area (Å²) in [6, 6.07) is 0. The van der Waals surface area contributed by atoms with E-state index in [-0.39, 0.29) is 0 Å². The third-order valence-corrected chi connectivity index (χ3v) is 1.40. The van der Waals surface area contributed by atoms with Crippen molar-refractivity contribution < 1.29 is 4.59 Å². The third-order valence-electron chi connectivity index (χ3n) is 1.40. The van der Waals surface area contributed by atoms with Crippen molar-refractivity contribution in [2.45, 2.75) is 13.8 Å². The number of quaternary nitrogens is 1. The molecular weight excluding hydrogens is 88.1 g/mol. The van der Waals surface area contributed by atoms with E-state index < -0.39 is 0 Å². The molecule has 1 N–H and O–H groups in total. The van der Waals surface area contributed by atoms with Gasteiger partial charge in [-0.25, -0.2) is 0 Å². The Kier molecular flexibility index (Phi) is 2.26. The predicted molar refractivity (Wildman–Crippen MR) is 31.6 cm³/mol. The summed E-state index contributed by atoms with van der Waals surface area (Å²) in [6.45, 7) is 5.85. The minimum atomic E-state index is 0.389. The quantitative estimate of drug-likeness (QED) is 0.372. The number of nitrogens with zero attached hydrogens (tertiary/aromatic N) is 1. The molecule has 2 heteroatoms. The molecule has 0 aromatic rings. The monoisotopic (exact) mass is 102 g/mol. The smallest absolute Gasteiger partial charge is 0.0666 e. The Morgan fingerprint density at radius 1 is 1.29 bits per heavy atom. The minimum absolute atomic E-state index is 0.389. The van der Waals surface area contributed by atoms with Crippen LogP contribution in [0.3, 0.4) is 0 Å². The van der Waals surface area contributed by atoms with Gasteiger partial charge in [0.2, 0.25) is 0 Å². The van der Waals surface area contributed by atoms with Crippen LogP contribution in [0, 0.1) is 0 Å². The largest absolute Gasteiger partial charge is 0.468 e. The second-order valence-corrected chi connectivity index (χ2v) is 2.03. The normalized spacial score (nSPS) is 12.0. The van der Waals surface area contributed by atoms with Gasteiger partial charge >= 0.3 is 0 Å². The minimum Gasteiger partial charge on any atom is -0.468 e. The SMILES string of the molecule is CC[N+](C)([NH-])CC. The van der Waals surface area contributed by atoms with E-state index in [1.54, 1.807) is 0 Å². The molecule has 0 aromatic heterocycles. The van der Waals surface area contributed by atoms with Crippen LogP contribution >= 0.6 is 0 Å². The molecule has 0 amide bonds. The van der Waals surface area contributed by atoms with E-state index in [4.69, 9.17) is 5.84 Å². The number of hydrogen-bond donors (Lipinski definition) is 0. The maximum absolute atomic E-state index is 7.36. The van der Waals surface area contributed by atoms with Crippen LogP contribution in [0.25, 0.3) is 5.84 Å². The standard InChI is InChI=1S/C5H14N2/c1-4-7(3,6)5-2/h6H,4-5H2,1-3H3. The van der Waals surface area contributed by atoms with Crippen LogP contribution in [0.1, 0.15) is 13.8 Å². The van der Waals surface area contributed by atoms with Gasteiger partial charge in [0.05, 0.1) is 20.1 Å². The molecule has 0 aliphatic rings. The first-order valence-electron chi connectivity index (χ1n) is 2.72. The number of rotatable bonds is 2. The zero-order valence-corrected chi connectivity index (χ0v) is 5.36. The van der Waals surface area contributed by atoms with Crippen molar-refractivity contribution in [1.29, 1.82) is 0 Å². The molecule has 7 heavy (non-hydrogen) atoms. The molecule has 0 saturated carbocycles. The second-order valence-electron chi connectivity index (χ2n) is 2.03. The Balaban J connectivity index is 3.36. The first-order valence-corrected chi connectivity index (χ1v) is 2.72. The van der Waals surface area contributed by atoms with Gasteiger partial charge in [0.15, 0.2) is 0 Å². The molecule has 0 unspecified atom stereocenters. The topological polar surface area (TPSA) is 23.8 Å². The van der Waals surface area contributed by atoms with Crippen LogP contribution in [-0.2, 0) is 0 Å². The summed E-state index contributed by atoms with van der Waals surface area (Å²) in [4.78, 5) is 0. The van der Waals surface area contributed by atoms with E-state index >= 15 is 0 Å². The highest BCUT2D eigenvalue weighted by Gasteiger charge is 1.97. The Morgan fingerprint density at radius 2 is 1.57 bits per heavy atom. The number of nitrogens with one attached hydrogen (secondary N) is 1. The zero-order valence-electron chi connectivity index (χ0n) is 5.36. The molecule has 0 aliphatic heterocycles. The van der Waals surface area contributed by atoms with E-state index in [9.17, 15) is 0 Å². The van der Waals surface area contributed by atoms with Crippen LogP contribution in [-0.4, -0.2) is 24.7 Å². The van der Waals surface area contributed by atoms with Crippen LogP contribution in [0.5, 0.6) is 0 Å². The van der Waals surface area contributed by atoms with Gasteiger partial charge in [-0.05, 0) is 13.8 Å². The van der Waals surface area contributed by atoms with Crippen molar-refractivity contribution in [2.75, 3.05) is 20.1 Å². The van der Waals surface area contributed by atoms with E-state index in [0.29, 0.717) is 4.59 Å². The van der Waals surface area contributed by atoms with Crippen LogP contribution in [0.15, 0.2) is 0 Å². The zero-order chi connectivity index (χ0) is 5.91. The van der Waals surface area contributed by atoms with Crippen LogP contribution in [0.2, 0.25) is 0 Å². The lowest BCUT2D eigenvalue weighted by Crippen LogP contribution is -2.34. The Bertz CT molecular complexity index is 44.0. The van der Waals surface area contributed by atoms with E-state index in [2.05, 4.69) is 0 Å². The molecular formula is C5H14N2. The van der Waals surface area contributed by atoms with Crippen molar-refractivity contribution in [2.24, 2.45) is 0 Å². The van der Waals surface area contributed by atoms with Gasteiger partial charge in [-0.15, -0.1) is 0 Å². The van der Waals surface area contributed by atoms with Crippen LogP contribution in [0.4, 0.5) is 0 Å². The fourth-order valence-electron chi connectivity index (χ4n) is 0.224. The second kappa shape index (κ2) is 2.28. The van der Waals surface area contributed by atoms with Gasteiger partial charge < -0.3 is 10.4 Å². The lowest BCUT2D eigenvalue weighted by atomic mass is 10.5. The molecule has 0 radical (unpaired) electrons. The van der Waals surface area contributed by atoms with E-state index in [1.807, 2.05) is 20.9 Å². The lowest BCUT2D eigenvalue weighted by molar-refractivity contribution is -0.857. The van der Waals surface area contributed by atoms with Gasteiger partial charge in [0.1, 0.15) is 0 Å². The van der Waals surface area contributed by atoms with Crippen molar-refractivity contribution in [1.82, 2.24) is 0 Å². The molecule has 0 atom stereocenters. The first kappa shape index (κ1) is 6.92. The molecule has 0 aliphatic carbocycles. The fraction of sp³-hybridized carbons (Fsp3) is 1.00. The summed E-state index contributed by atoms with van der Waals surface area (Å²) in [5, 5.41) is 0. The summed E-state index contributed by atoms with van der Waals surface area (Å²) >= 11 is 0. The molecule has 2 nitrogen and oxygen atoms in total. The van der Waals surface area contributed by atoms with E-state index in [1.165, 1.54) is 0 Å². The van der Waals surface area contributed by atoms with Crippen molar-refractivity contribution in [3.63, 3.8) is 0 Å². The van der Waals surface area contributed by atoms with Gasteiger partial charge in [-0.3, -0.25) is 0 Å². The summed E-state index contributed by atoms with van der Waals surface area (Å²) in [5.41, 5.74) is 0. The summed E-state index contributed by atoms with van der Waals surface area (Å²) < 4.78 is 0.389. The average molecular weight is 102 g/mol. The predicted octanol–water partition coefficient (Wildman–Crippen LogP) is 1.44. The van der Waals surface area contributed by atoms with Gasteiger partial charge in [-0.1, -0.05) is 0 Å². The molecule has 0 spiro atoms. The van der Waals surface area contributed by atoms with Crippen molar-refractivity contribution in [3.8, 4) is 0 Å². The highest BCUT2D eigenvalue weighted by molar-refractivity contribution is 4.25. The lowest BCUT2D eigenvalue weighted by Gasteiger charge is -2.35. The average Bonchev–Trinajstić information content (AvgIpc) is 1.68. The van der Waals surface area contributed by atoms with E-state index in [0.717, 1.165) is 13.1 Å². The van der Waals surface area contributed by atoms with Gasteiger partial charge in [0.25, 0.3) is 0 Å². The van der Waals surface area contributed by atoms with Gasteiger partial charge in [-0.2, -0.15) is 0 Å². The summed E-state index contributed by atoms with van der Waals surface area (Å²) in [6.07, 6.45) is 0. The molecule has 0 saturated heterocycles. The maximum Gasteiger partial charge on any atom is 0.0666 e. The fourth-order valence-corrected chi connectivity index (χ4v) is 0.224. The summed E-state index contributed by atoms with van der Waals surface area (Å²) in [5.74, 6) is 7.36. The van der Waals surface area contributed by atoms with Crippen molar-refractivity contribution >= 4 is 0 Å². The van der Waals surface area contributed by atoms with Gasteiger partial charge in [0, 0.05) is 0 Å². The molecule has 0 fully saturated rings. The Hall–Kier alpha value is -0.0800. The highest BCUT2D eigenvalue weighted by Crippen LogP contribution is 1.96. The van der Waals surface area contributed by atoms with Crippen LogP contribution < -0.4 is 0 Å². The summed E-state index contributed by atoms with van der Waals surface area (Å²) in [7, 11) is 1.90. The molecule has 0 rings (SSSR count). The maximum atomic E-state index is 7.36. The Morgan fingerprint density at radius 3 is 1.57 bits per heavy atom. The molecule has 0 bridgehead atoms. The van der Waals surface area contributed by atoms with Crippen molar-refractivity contribution in [3.05, 3.63) is 5.84 Å². The number of hydrogen-bond acceptors (Lipinski definition) is 0. The molecule has 44 valence electrons. The highest BCUT2D eigenvalue weighted by atomic mass is 15.6. The Labute approximate surface area is 45.5 Å².